The summed E-state index contributed by atoms with van der Waals surface area (Å²) in [6, 6.07) is 0. The number of carbonyl (C=O) groups is 2. The molecule has 0 aromatic heterocycles. The minimum absolute atomic E-state index is 0.0118. The van der Waals surface area contributed by atoms with E-state index in [0.717, 1.165) is 44.9 Å². The van der Waals surface area contributed by atoms with Crippen LogP contribution in [-0.4, -0.2) is 41.0 Å². The Morgan fingerprint density at radius 1 is 0.900 bits per heavy atom. The lowest BCUT2D eigenvalue weighted by Gasteiger charge is -2.74. The summed E-state index contributed by atoms with van der Waals surface area (Å²) < 4.78 is 51.0. The molecule has 2 bridgehead atoms. The Morgan fingerprint density at radius 3 is 2.20 bits per heavy atom. The van der Waals surface area contributed by atoms with Gasteiger partial charge in [-0.05, 0) is 92.3 Å². The van der Waals surface area contributed by atoms with E-state index in [1.807, 2.05) is 13.8 Å². The predicted octanol–water partition coefficient (Wildman–Crippen LogP) is 6.99. The number of fused-ring (bicyclic) bond motifs is 4. The lowest BCUT2D eigenvalue weighted by atomic mass is 9.30. The summed E-state index contributed by atoms with van der Waals surface area (Å²) in [6.45, 7) is 15.3. The number of rotatable bonds is 1. The molecule has 0 aromatic rings. The molecule has 6 rings (SSSR count). The van der Waals surface area contributed by atoms with E-state index in [9.17, 15) is 27.9 Å². The van der Waals surface area contributed by atoms with E-state index in [2.05, 4.69) is 34.6 Å². The Balaban J connectivity index is 1.38. The number of esters is 2. The molecule has 10 atom stereocenters. The smallest absolute Gasteiger partial charge is 0.455 e. The molecule has 226 valence electrons. The summed E-state index contributed by atoms with van der Waals surface area (Å²) in [5, 5.41) is 12.2. The van der Waals surface area contributed by atoms with Gasteiger partial charge in [-0.15, -0.1) is 0 Å². The van der Waals surface area contributed by atoms with Crippen molar-refractivity contribution in [1.82, 2.24) is 0 Å². The first-order valence-electron chi connectivity index (χ1n) is 15.4. The second-order valence-corrected chi connectivity index (χ2v) is 16.7. The molecule has 1 aliphatic heterocycles. The van der Waals surface area contributed by atoms with Crippen LogP contribution in [0.5, 0.6) is 0 Å². The lowest BCUT2D eigenvalue weighted by Crippen LogP contribution is -2.76. The molecule has 8 heteroatoms. The molecule has 6 aliphatic rings. The number of carbonyl (C=O) groups excluding carboxylic acids is 2. The predicted molar refractivity (Wildman–Crippen MR) is 142 cm³/mol. The highest BCUT2D eigenvalue weighted by molar-refractivity contribution is 5.82. The van der Waals surface area contributed by atoms with E-state index in [-0.39, 0.29) is 40.0 Å². The number of aliphatic hydroxyl groups is 1. The fraction of sp³-hybridized carbons (Fsp3) is 0.938. The molecule has 5 nitrogen and oxygen atoms in total. The number of ether oxygens (including phenoxy) is 2. The van der Waals surface area contributed by atoms with E-state index < -0.39 is 46.2 Å². The van der Waals surface area contributed by atoms with Gasteiger partial charge in [0.1, 0.15) is 11.7 Å². The van der Waals surface area contributed by atoms with Gasteiger partial charge in [-0.2, -0.15) is 13.2 Å². The quantitative estimate of drug-likeness (QED) is 0.345. The van der Waals surface area contributed by atoms with Crippen LogP contribution in [0.25, 0.3) is 0 Å². The largest absolute Gasteiger partial charge is 0.490 e. The molecule has 1 spiro atoms. The van der Waals surface area contributed by atoms with Crippen LogP contribution < -0.4 is 0 Å². The van der Waals surface area contributed by atoms with Crippen molar-refractivity contribution in [2.45, 2.75) is 137 Å². The van der Waals surface area contributed by atoms with Crippen LogP contribution in [0.1, 0.15) is 113 Å². The molecule has 1 saturated heterocycles. The Hall–Kier alpha value is -1.31. The first-order valence-corrected chi connectivity index (χ1v) is 15.4. The van der Waals surface area contributed by atoms with Crippen molar-refractivity contribution in [2.75, 3.05) is 0 Å². The molecular weight excluding hydrogens is 521 g/mol. The molecule has 5 saturated carbocycles. The van der Waals surface area contributed by atoms with Crippen LogP contribution >= 0.6 is 0 Å². The van der Waals surface area contributed by atoms with Gasteiger partial charge in [0, 0.05) is 16.7 Å². The molecule has 0 radical (unpaired) electrons. The van der Waals surface area contributed by atoms with Crippen molar-refractivity contribution in [3.63, 3.8) is 0 Å². The molecular formula is C32H47F3O5. The summed E-state index contributed by atoms with van der Waals surface area (Å²) in [4.78, 5) is 25.6. The average molecular weight is 569 g/mol. The highest BCUT2D eigenvalue weighted by Crippen LogP contribution is 2.80. The molecule has 1 N–H and O–H groups in total. The van der Waals surface area contributed by atoms with Gasteiger partial charge in [0.15, 0.2) is 0 Å². The molecule has 6 fully saturated rings. The van der Waals surface area contributed by atoms with Gasteiger partial charge in [0.2, 0.25) is 0 Å². The van der Waals surface area contributed by atoms with Gasteiger partial charge < -0.3 is 14.6 Å². The topological polar surface area (TPSA) is 72.8 Å². The number of alkyl halides is 3. The van der Waals surface area contributed by atoms with Crippen LogP contribution in [0.3, 0.4) is 0 Å². The van der Waals surface area contributed by atoms with Crippen LogP contribution in [0.2, 0.25) is 0 Å². The number of hydrogen-bond acceptors (Lipinski definition) is 5. The van der Waals surface area contributed by atoms with Gasteiger partial charge in [-0.3, -0.25) is 4.79 Å². The summed E-state index contributed by atoms with van der Waals surface area (Å²) in [5.41, 5.74) is -2.89. The van der Waals surface area contributed by atoms with Crippen molar-refractivity contribution in [3.05, 3.63) is 0 Å². The van der Waals surface area contributed by atoms with E-state index >= 15 is 0 Å². The zero-order valence-electron chi connectivity index (χ0n) is 25.2. The van der Waals surface area contributed by atoms with E-state index in [1.54, 1.807) is 0 Å². The number of hydrogen-bond donors (Lipinski definition) is 1. The SMILES string of the molecule is CC1(C)CC[C@@]23CC[C@]4(C)[C@@](OC2=O)([C@@H]3C1)[C@@H](O)C[C@@H]1[C@@]2(C)CC[C@H](OC(=O)C(F)(F)F)C(C)(C)[C@@H]2CC[C@]14C. The number of aliphatic hydroxyl groups excluding tert-OH is 1. The first-order chi connectivity index (χ1) is 18.2. The van der Waals surface area contributed by atoms with Gasteiger partial charge in [-0.25, -0.2) is 4.79 Å². The minimum atomic E-state index is -5.01. The Labute approximate surface area is 236 Å². The van der Waals surface area contributed by atoms with Crippen molar-refractivity contribution < 1.29 is 37.3 Å². The molecule has 0 unspecified atom stereocenters. The standard InChI is InChI=1S/C32H47F3O5/c1-25(2)12-14-30-15-13-29(7)28(6)11-8-18-26(3,4)22(39-24(38)32(33,34)35)9-10-27(18,5)19(28)16-21(36)31(29,20(30)17-25)40-23(30)37/h18-22,36H,8-17H2,1-7H3/t18-,19+,20+,21-,22-,27-,28+,29-,30-,31+/m0/s1. The maximum atomic E-state index is 13.7. The lowest BCUT2D eigenvalue weighted by molar-refractivity contribution is -0.317. The van der Waals surface area contributed by atoms with E-state index in [1.165, 1.54) is 0 Å². The Bertz CT molecular complexity index is 1130. The van der Waals surface area contributed by atoms with Crippen molar-refractivity contribution >= 4 is 11.9 Å². The van der Waals surface area contributed by atoms with Crippen LogP contribution in [0.4, 0.5) is 13.2 Å². The zero-order chi connectivity index (χ0) is 29.5. The van der Waals surface area contributed by atoms with Gasteiger partial charge in [-0.1, -0.05) is 48.5 Å². The summed E-state index contributed by atoms with van der Waals surface area (Å²) in [7, 11) is 0. The van der Waals surface area contributed by atoms with Crippen molar-refractivity contribution in [3.8, 4) is 0 Å². The van der Waals surface area contributed by atoms with Gasteiger partial charge in [0.05, 0.1) is 11.5 Å². The van der Waals surface area contributed by atoms with Crippen molar-refractivity contribution in [2.24, 2.45) is 50.2 Å². The van der Waals surface area contributed by atoms with E-state index in [4.69, 9.17) is 9.47 Å². The van der Waals surface area contributed by atoms with Crippen LogP contribution in [-0.2, 0) is 19.1 Å². The fourth-order valence-electron chi connectivity index (χ4n) is 12.2. The molecule has 1 heterocycles. The summed E-state index contributed by atoms with van der Waals surface area (Å²) in [5.74, 6) is -2.09. The third kappa shape index (κ3) is 3.21. The molecule has 0 amide bonds. The fourth-order valence-corrected chi connectivity index (χ4v) is 12.2. The first kappa shape index (κ1) is 28.8. The second-order valence-electron chi connectivity index (χ2n) is 16.7. The van der Waals surface area contributed by atoms with E-state index in [0.29, 0.717) is 19.3 Å². The third-order valence-electron chi connectivity index (χ3n) is 14.5. The van der Waals surface area contributed by atoms with Crippen LogP contribution in [0, 0.1) is 50.2 Å². The summed E-state index contributed by atoms with van der Waals surface area (Å²) >= 11 is 0. The second kappa shape index (κ2) is 7.99. The highest BCUT2D eigenvalue weighted by atomic mass is 19.4. The third-order valence-corrected chi connectivity index (χ3v) is 14.5. The van der Waals surface area contributed by atoms with Gasteiger partial charge in [0.25, 0.3) is 0 Å². The average Bonchev–Trinajstić information content (AvgIpc) is 3.02. The van der Waals surface area contributed by atoms with Crippen molar-refractivity contribution in [1.29, 1.82) is 0 Å². The highest BCUT2D eigenvalue weighted by Gasteiger charge is 2.83. The minimum Gasteiger partial charge on any atom is -0.455 e. The monoisotopic (exact) mass is 568 g/mol. The van der Waals surface area contributed by atoms with Crippen LogP contribution in [0.15, 0.2) is 0 Å². The summed E-state index contributed by atoms with van der Waals surface area (Å²) in [6.07, 6.45) is 0.826. The van der Waals surface area contributed by atoms with Gasteiger partial charge >= 0.3 is 18.1 Å². The molecule has 5 aliphatic carbocycles. The maximum absolute atomic E-state index is 13.7. The number of halogens is 3. The molecule has 40 heavy (non-hydrogen) atoms. The zero-order valence-corrected chi connectivity index (χ0v) is 25.2. The molecule has 0 aromatic carbocycles. The normalized spacial score (nSPS) is 52.4. The Morgan fingerprint density at radius 2 is 1.55 bits per heavy atom. The Kier molecular flexibility index (Phi) is 5.75. The maximum Gasteiger partial charge on any atom is 0.490 e.